The highest BCUT2D eigenvalue weighted by atomic mass is 32.1. The molecule has 6 nitrogen and oxygen atoms in total. The van der Waals surface area contributed by atoms with Crippen molar-refractivity contribution < 1.29 is 9.53 Å². The van der Waals surface area contributed by atoms with Gasteiger partial charge < -0.3 is 15.0 Å². The van der Waals surface area contributed by atoms with Crippen LogP contribution in [0.25, 0.3) is 21.2 Å². The molecule has 3 heterocycles. The smallest absolute Gasteiger partial charge is 0.229 e. The molecule has 140 valence electrons. The van der Waals surface area contributed by atoms with Gasteiger partial charge in [0.2, 0.25) is 5.91 Å². The lowest BCUT2D eigenvalue weighted by atomic mass is 9.96. The number of nitrogens with one attached hydrogen (secondary N) is 1. The molecule has 7 heteroatoms. The number of rotatable bonds is 4. The molecule has 1 amide bonds. The highest BCUT2D eigenvalue weighted by molar-refractivity contribution is 7.19. The van der Waals surface area contributed by atoms with E-state index in [0.29, 0.717) is 5.13 Å². The molecule has 27 heavy (non-hydrogen) atoms. The molecule has 1 aliphatic heterocycles. The van der Waals surface area contributed by atoms with Crippen molar-refractivity contribution >= 4 is 33.1 Å². The minimum absolute atomic E-state index is 0.0750. The molecule has 1 N–H and O–H groups in total. The number of methoxy groups -OCH3 is 1. The van der Waals surface area contributed by atoms with Crippen molar-refractivity contribution in [2.45, 2.75) is 12.8 Å². The number of aromatic nitrogens is 2. The Kier molecular flexibility index (Phi) is 5.05. The summed E-state index contributed by atoms with van der Waals surface area (Å²) in [5.74, 6) is 0.899. The van der Waals surface area contributed by atoms with Crippen molar-refractivity contribution in [3.63, 3.8) is 0 Å². The summed E-state index contributed by atoms with van der Waals surface area (Å²) in [7, 11) is 3.74. The third kappa shape index (κ3) is 3.79. The molecule has 0 radical (unpaired) electrons. The van der Waals surface area contributed by atoms with Crippen LogP contribution in [0.5, 0.6) is 5.75 Å². The molecule has 1 fully saturated rings. The third-order valence-electron chi connectivity index (χ3n) is 5.05. The minimum Gasteiger partial charge on any atom is -0.494 e. The summed E-state index contributed by atoms with van der Waals surface area (Å²) in [6.45, 7) is 1.93. The molecule has 0 bridgehead atoms. The Balaban J connectivity index is 1.52. The molecule has 0 atom stereocenters. The molecule has 0 unspecified atom stereocenters. The van der Waals surface area contributed by atoms with Crippen LogP contribution < -0.4 is 10.1 Å². The number of anilines is 1. The second-order valence-corrected chi connectivity index (χ2v) is 7.90. The summed E-state index contributed by atoms with van der Waals surface area (Å²) in [4.78, 5) is 24.3. The van der Waals surface area contributed by atoms with Crippen molar-refractivity contribution in [1.29, 1.82) is 0 Å². The van der Waals surface area contributed by atoms with Crippen LogP contribution >= 0.6 is 11.3 Å². The molecule has 0 spiro atoms. The standard InChI is InChI=1S/C20H22N4O2S/c1-24-7-5-13(6-8-24)19(25)23-20-22-12-18(27-20)14-3-4-15-10-21-11-17(26-2)16(15)9-14/h3-4,9-13H,5-8H2,1-2H3,(H,22,23,25). The van der Waals surface area contributed by atoms with E-state index in [1.807, 2.05) is 24.5 Å². The number of pyridine rings is 1. The van der Waals surface area contributed by atoms with Crippen LogP contribution in [0.3, 0.4) is 0 Å². The predicted molar refractivity (Wildman–Crippen MR) is 108 cm³/mol. The van der Waals surface area contributed by atoms with E-state index >= 15 is 0 Å². The van der Waals surface area contributed by atoms with E-state index in [4.69, 9.17) is 4.74 Å². The molecule has 4 rings (SSSR count). The number of piperidine rings is 1. The van der Waals surface area contributed by atoms with Gasteiger partial charge in [0.15, 0.2) is 5.13 Å². The van der Waals surface area contributed by atoms with Crippen LogP contribution in [0.2, 0.25) is 0 Å². The molecular weight excluding hydrogens is 360 g/mol. The summed E-state index contributed by atoms with van der Waals surface area (Å²) in [6.07, 6.45) is 7.15. The number of fused-ring (bicyclic) bond motifs is 1. The molecule has 1 aromatic carbocycles. The van der Waals surface area contributed by atoms with Crippen LogP contribution in [0.1, 0.15) is 12.8 Å². The zero-order chi connectivity index (χ0) is 18.8. The van der Waals surface area contributed by atoms with E-state index in [-0.39, 0.29) is 11.8 Å². The average Bonchev–Trinajstić information content (AvgIpc) is 3.16. The maximum Gasteiger partial charge on any atom is 0.229 e. The quantitative estimate of drug-likeness (QED) is 0.746. The lowest BCUT2D eigenvalue weighted by Gasteiger charge is -2.27. The lowest BCUT2D eigenvalue weighted by Crippen LogP contribution is -2.35. The summed E-state index contributed by atoms with van der Waals surface area (Å²) in [5, 5.41) is 5.68. The summed E-state index contributed by atoms with van der Waals surface area (Å²) < 4.78 is 5.42. The number of hydrogen-bond acceptors (Lipinski definition) is 6. The fourth-order valence-corrected chi connectivity index (χ4v) is 4.21. The Morgan fingerprint density at radius 2 is 2.07 bits per heavy atom. The van der Waals surface area contributed by atoms with E-state index in [0.717, 1.165) is 52.9 Å². The number of ether oxygens (including phenoxy) is 1. The average molecular weight is 382 g/mol. The molecular formula is C20H22N4O2S. The third-order valence-corrected chi connectivity index (χ3v) is 6.02. The summed E-state index contributed by atoms with van der Waals surface area (Å²) >= 11 is 1.49. The van der Waals surface area contributed by atoms with Crippen molar-refractivity contribution in [3.8, 4) is 16.2 Å². The van der Waals surface area contributed by atoms with Gasteiger partial charge in [0.05, 0.1) is 18.2 Å². The van der Waals surface area contributed by atoms with E-state index in [9.17, 15) is 4.79 Å². The van der Waals surface area contributed by atoms with Gasteiger partial charge in [0, 0.05) is 29.1 Å². The normalized spacial score (nSPS) is 15.8. The molecule has 2 aromatic heterocycles. The maximum atomic E-state index is 12.5. The van der Waals surface area contributed by atoms with Crippen molar-refractivity contribution in [3.05, 3.63) is 36.8 Å². The van der Waals surface area contributed by atoms with Gasteiger partial charge in [-0.25, -0.2) is 4.98 Å². The second-order valence-electron chi connectivity index (χ2n) is 6.87. The number of amides is 1. The minimum atomic E-state index is 0.0750. The van der Waals surface area contributed by atoms with E-state index in [2.05, 4.69) is 33.3 Å². The van der Waals surface area contributed by atoms with Gasteiger partial charge in [-0.05, 0) is 44.6 Å². The molecule has 0 saturated carbocycles. The molecule has 1 saturated heterocycles. The van der Waals surface area contributed by atoms with Crippen molar-refractivity contribution in [1.82, 2.24) is 14.9 Å². The Bertz CT molecular complexity index is 964. The van der Waals surface area contributed by atoms with Gasteiger partial charge >= 0.3 is 0 Å². The first-order chi connectivity index (χ1) is 13.1. The van der Waals surface area contributed by atoms with Crippen LogP contribution in [0.15, 0.2) is 36.8 Å². The van der Waals surface area contributed by atoms with Crippen LogP contribution in [0.4, 0.5) is 5.13 Å². The fourth-order valence-electron chi connectivity index (χ4n) is 3.40. The summed E-state index contributed by atoms with van der Waals surface area (Å²) in [6, 6.07) is 6.14. The fraction of sp³-hybridized carbons (Fsp3) is 0.350. The predicted octanol–water partition coefficient (Wildman–Crippen LogP) is 3.65. The van der Waals surface area contributed by atoms with Gasteiger partial charge in [-0.15, -0.1) is 0 Å². The van der Waals surface area contributed by atoms with Gasteiger partial charge in [-0.1, -0.05) is 23.5 Å². The molecule has 0 aliphatic carbocycles. The zero-order valence-corrected chi connectivity index (χ0v) is 16.3. The first kappa shape index (κ1) is 17.9. The largest absolute Gasteiger partial charge is 0.494 e. The number of likely N-dealkylation sites (tertiary alicyclic amines) is 1. The van der Waals surface area contributed by atoms with Crippen LogP contribution in [0, 0.1) is 5.92 Å². The van der Waals surface area contributed by atoms with Crippen molar-refractivity contribution in [2.24, 2.45) is 5.92 Å². The first-order valence-electron chi connectivity index (χ1n) is 9.01. The molecule has 3 aromatic rings. The van der Waals surface area contributed by atoms with Gasteiger partial charge in [0.1, 0.15) is 5.75 Å². The van der Waals surface area contributed by atoms with Crippen LogP contribution in [-0.4, -0.2) is 48.0 Å². The number of nitrogens with zero attached hydrogens (tertiary/aromatic N) is 3. The highest BCUT2D eigenvalue weighted by Gasteiger charge is 2.24. The lowest BCUT2D eigenvalue weighted by molar-refractivity contribution is -0.121. The molecule has 1 aliphatic rings. The Morgan fingerprint density at radius 1 is 1.26 bits per heavy atom. The number of thiazole rings is 1. The highest BCUT2D eigenvalue weighted by Crippen LogP contribution is 2.34. The van der Waals surface area contributed by atoms with Gasteiger partial charge in [-0.3, -0.25) is 9.78 Å². The number of hydrogen-bond donors (Lipinski definition) is 1. The topological polar surface area (TPSA) is 67.4 Å². The maximum absolute atomic E-state index is 12.5. The number of benzene rings is 1. The monoisotopic (exact) mass is 382 g/mol. The van der Waals surface area contributed by atoms with Gasteiger partial charge in [-0.2, -0.15) is 0 Å². The Labute approximate surface area is 162 Å². The Hall–Kier alpha value is -2.51. The second kappa shape index (κ2) is 7.62. The van der Waals surface area contributed by atoms with Crippen LogP contribution in [-0.2, 0) is 4.79 Å². The van der Waals surface area contributed by atoms with E-state index in [1.165, 1.54) is 11.3 Å². The Morgan fingerprint density at radius 3 is 2.85 bits per heavy atom. The van der Waals surface area contributed by atoms with E-state index in [1.54, 1.807) is 13.3 Å². The van der Waals surface area contributed by atoms with E-state index < -0.39 is 0 Å². The van der Waals surface area contributed by atoms with Gasteiger partial charge in [0.25, 0.3) is 0 Å². The SMILES string of the molecule is COc1cncc2ccc(-c3cnc(NC(=O)C4CCN(C)CC4)s3)cc12. The first-order valence-corrected chi connectivity index (χ1v) is 9.83. The number of carbonyl (C=O) groups is 1. The number of carbonyl (C=O) groups excluding carboxylic acids is 1. The summed E-state index contributed by atoms with van der Waals surface area (Å²) in [5.41, 5.74) is 1.05. The zero-order valence-electron chi connectivity index (χ0n) is 15.4. The van der Waals surface area contributed by atoms with Crippen molar-refractivity contribution in [2.75, 3.05) is 32.6 Å².